The molecule has 0 fully saturated rings. The average Bonchev–Trinajstić information content (AvgIpc) is 2.92. The fourth-order valence-corrected chi connectivity index (χ4v) is 2.91. The summed E-state index contributed by atoms with van der Waals surface area (Å²) in [7, 11) is 3.87. The number of nitrogens with one attached hydrogen (secondary N) is 2. The maximum Gasteiger partial charge on any atom is 0.315 e. The number of halogens is 1. The zero-order valence-corrected chi connectivity index (χ0v) is 14.3. The molecule has 2 heterocycles. The highest BCUT2D eigenvalue weighted by Gasteiger charge is 2.11. The Kier molecular flexibility index (Phi) is 5.63. The molecule has 0 bridgehead atoms. The van der Waals surface area contributed by atoms with Gasteiger partial charge in [0.05, 0.1) is 10.4 Å². The zero-order chi connectivity index (χ0) is 16.1. The van der Waals surface area contributed by atoms with E-state index >= 15 is 0 Å². The van der Waals surface area contributed by atoms with Gasteiger partial charge >= 0.3 is 6.03 Å². The summed E-state index contributed by atoms with van der Waals surface area (Å²) in [6.07, 6.45) is 1.76. The highest BCUT2D eigenvalue weighted by Crippen LogP contribution is 2.26. The van der Waals surface area contributed by atoms with E-state index in [4.69, 9.17) is 11.6 Å². The molecule has 118 valence electrons. The van der Waals surface area contributed by atoms with Crippen molar-refractivity contribution in [3.05, 3.63) is 45.2 Å². The van der Waals surface area contributed by atoms with Gasteiger partial charge in [0.25, 0.3) is 0 Å². The van der Waals surface area contributed by atoms with Gasteiger partial charge in [-0.25, -0.2) is 9.78 Å². The van der Waals surface area contributed by atoms with Crippen LogP contribution < -0.4 is 15.5 Å². The molecule has 1 unspecified atom stereocenters. The number of hydrogen-bond acceptors (Lipinski definition) is 4. The lowest BCUT2D eigenvalue weighted by atomic mass is 10.2. The molecule has 2 rings (SSSR count). The Morgan fingerprint density at radius 1 is 1.36 bits per heavy atom. The van der Waals surface area contributed by atoms with Crippen LogP contribution in [0.2, 0.25) is 4.34 Å². The quantitative estimate of drug-likeness (QED) is 0.878. The van der Waals surface area contributed by atoms with E-state index in [1.165, 1.54) is 11.3 Å². The molecule has 7 heteroatoms. The van der Waals surface area contributed by atoms with Crippen LogP contribution in [0.1, 0.15) is 23.4 Å². The molecule has 2 aromatic heterocycles. The van der Waals surface area contributed by atoms with Crippen LogP contribution in [-0.2, 0) is 6.54 Å². The zero-order valence-electron chi connectivity index (χ0n) is 12.8. The van der Waals surface area contributed by atoms with Gasteiger partial charge in [-0.2, -0.15) is 0 Å². The van der Waals surface area contributed by atoms with Gasteiger partial charge in [-0.15, -0.1) is 11.3 Å². The molecule has 0 aromatic carbocycles. The summed E-state index contributed by atoms with van der Waals surface area (Å²) < 4.78 is 0.719. The lowest BCUT2D eigenvalue weighted by Gasteiger charge is -2.14. The second kappa shape index (κ2) is 7.47. The molecule has 0 spiro atoms. The number of hydrogen-bond donors (Lipinski definition) is 2. The van der Waals surface area contributed by atoms with Gasteiger partial charge in [0, 0.05) is 31.7 Å². The Morgan fingerprint density at radius 3 is 2.68 bits per heavy atom. The normalized spacial score (nSPS) is 11.8. The minimum absolute atomic E-state index is 0.0771. The second-order valence-electron chi connectivity index (χ2n) is 5.11. The molecule has 0 aliphatic rings. The Balaban J connectivity index is 1.82. The van der Waals surface area contributed by atoms with E-state index < -0.39 is 0 Å². The van der Waals surface area contributed by atoms with Crippen molar-refractivity contribution in [1.29, 1.82) is 0 Å². The molecule has 0 radical (unpaired) electrons. The first-order valence-corrected chi connectivity index (χ1v) is 8.07. The van der Waals surface area contributed by atoms with Gasteiger partial charge in [-0.05, 0) is 30.7 Å². The summed E-state index contributed by atoms with van der Waals surface area (Å²) >= 11 is 7.36. The monoisotopic (exact) mass is 338 g/mol. The second-order valence-corrected chi connectivity index (χ2v) is 6.86. The maximum absolute atomic E-state index is 11.9. The number of aromatic nitrogens is 1. The number of rotatable bonds is 5. The van der Waals surface area contributed by atoms with Crippen molar-refractivity contribution in [3.8, 4) is 0 Å². The van der Waals surface area contributed by atoms with E-state index in [0.717, 1.165) is 20.6 Å². The third-order valence-electron chi connectivity index (χ3n) is 3.09. The Labute approximate surface area is 139 Å². The van der Waals surface area contributed by atoms with Gasteiger partial charge in [-0.1, -0.05) is 17.7 Å². The highest BCUT2D eigenvalue weighted by molar-refractivity contribution is 7.16. The lowest BCUT2D eigenvalue weighted by Crippen LogP contribution is -2.36. The lowest BCUT2D eigenvalue weighted by molar-refractivity contribution is 0.237. The minimum Gasteiger partial charge on any atom is -0.363 e. The first kappa shape index (κ1) is 16.6. The first-order chi connectivity index (χ1) is 10.5. The fraction of sp³-hybridized carbons (Fsp3) is 0.333. The van der Waals surface area contributed by atoms with Gasteiger partial charge in [0.15, 0.2) is 0 Å². The van der Waals surface area contributed by atoms with Crippen LogP contribution in [0, 0.1) is 0 Å². The average molecular weight is 339 g/mol. The van der Waals surface area contributed by atoms with Crippen molar-refractivity contribution in [3.63, 3.8) is 0 Å². The van der Waals surface area contributed by atoms with Crippen molar-refractivity contribution >= 4 is 34.8 Å². The predicted octanol–water partition coefficient (Wildman–Crippen LogP) is 3.42. The van der Waals surface area contributed by atoms with E-state index in [9.17, 15) is 4.79 Å². The first-order valence-electron chi connectivity index (χ1n) is 6.87. The number of carbonyl (C=O) groups is 1. The molecule has 2 N–H and O–H groups in total. The van der Waals surface area contributed by atoms with Crippen molar-refractivity contribution in [1.82, 2.24) is 15.6 Å². The summed E-state index contributed by atoms with van der Waals surface area (Å²) in [6.45, 7) is 2.36. The van der Waals surface area contributed by atoms with Gasteiger partial charge < -0.3 is 15.5 Å². The van der Waals surface area contributed by atoms with Crippen LogP contribution in [-0.4, -0.2) is 25.1 Å². The third-order valence-corrected chi connectivity index (χ3v) is 4.50. The van der Waals surface area contributed by atoms with Gasteiger partial charge in [0.2, 0.25) is 0 Å². The van der Waals surface area contributed by atoms with Crippen molar-refractivity contribution in [2.45, 2.75) is 19.5 Å². The number of thiophene rings is 1. The topological polar surface area (TPSA) is 57.3 Å². The van der Waals surface area contributed by atoms with Crippen LogP contribution in [0.15, 0.2) is 30.5 Å². The van der Waals surface area contributed by atoms with Crippen LogP contribution in [0.5, 0.6) is 0 Å². The van der Waals surface area contributed by atoms with E-state index in [-0.39, 0.29) is 12.1 Å². The number of carbonyl (C=O) groups excluding carboxylic acids is 1. The maximum atomic E-state index is 11.9. The smallest absolute Gasteiger partial charge is 0.315 e. The summed E-state index contributed by atoms with van der Waals surface area (Å²) in [4.78, 5) is 19.2. The summed E-state index contributed by atoms with van der Waals surface area (Å²) in [6, 6.07) is 7.33. The fourth-order valence-electron chi connectivity index (χ4n) is 1.85. The molecular formula is C15H19ClN4OS. The number of anilines is 1. The van der Waals surface area contributed by atoms with Crippen molar-refractivity contribution in [2.75, 3.05) is 19.0 Å². The standard InChI is InChI=1S/C15H19ClN4OS/c1-10(12-5-6-13(16)22-12)19-15(21)18-9-11-4-7-14(17-8-11)20(2)3/h4-8,10H,9H2,1-3H3,(H2,18,19,21). The summed E-state index contributed by atoms with van der Waals surface area (Å²) in [5.74, 6) is 0.886. The molecule has 0 saturated heterocycles. The largest absolute Gasteiger partial charge is 0.363 e. The molecule has 0 aliphatic carbocycles. The molecule has 0 aliphatic heterocycles. The van der Waals surface area contributed by atoms with Crippen molar-refractivity contribution in [2.24, 2.45) is 0 Å². The van der Waals surface area contributed by atoms with E-state index in [1.807, 2.05) is 50.2 Å². The van der Waals surface area contributed by atoms with E-state index in [1.54, 1.807) is 6.20 Å². The Hall–Kier alpha value is -1.79. The summed E-state index contributed by atoms with van der Waals surface area (Å²) in [5, 5.41) is 5.71. The van der Waals surface area contributed by atoms with E-state index in [0.29, 0.717) is 6.54 Å². The number of amides is 2. The Bertz CT molecular complexity index is 627. The molecule has 5 nitrogen and oxygen atoms in total. The van der Waals surface area contributed by atoms with Gasteiger partial charge in [-0.3, -0.25) is 0 Å². The molecule has 2 amide bonds. The minimum atomic E-state index is -0.214. The van der Waals surface area contributed by atoms with Gasteiger partial charge in [0.1, 0.15) is 5.82 Å². The van der Waals surface area contributed by atoms with Crippen LogP contribution in [0.4, 0.5) is 10.6 Å². The number of urea groups is 1. The molecule has 0 saturated carbocycles. The van der Waals surface area contributed by atoms with Crippen LogP contribution >= 0.6 is 22.9 Å². The molecule has 1 atom stereocenters. The molecule has 22 heavy (non-hydrogen) atoms. The van der Waals surface area contributed by atoms with Crippen LogP contribution in [0.3, 0.4) is 0 Å². The highest BCUT2D eigenvalue weighted by atomic mass is 35.5. The molecule has 2 aromatic rings. The predicted molar refractivity (Wildman–Crippen MR) is 91.7 cm³/mol. The SMILES string of the molecule is CC(NC(=O)NCc1ccc(N(C)C)nc1)c1ccc(Cl)s1. The number of nitrogens with zero attached hydrogens (tertiary/aromatic N) is 2. The third kappa shape index (κ3) is 4.61. The number of pyridine rings is 1. The van der Waals surface area contributed by atoms with Crippen molar-refractivity contribution < 1.29 is 4.79 Å². The summed E-state index contributed by atoms with van der Waals surface area (Å²) in [5.41, 5.74) is 0.951. The van der Waals surface area contributed by atoms with Crippen LogP contribution in [0.25, 0.3) is 0 Å². The Morgan fingerprint density at radius 2 is 2.14 bits per heavy atom. The van der Waals surface area contributed by atoms with E-state index in [2.05, 4.69) is 15.6 Å². The molecular weight excluding hydrogens is 320 g/mol.